The molecular formula is C13H20N2OS. The van der Waals surface area contributed by atoms with Crippen LogP contribution in [0.25, 0.3) is 0 Å². The molecule has 4 heteroatoms. The lowest BCUT2D eigenvalue weighted by molar-refractivity contribution is -0.0291. The first-order chi connectivity index (χ1) is 8.36. The summed E-state index contributed by atoms with van der Waals surface area (Å²) in [5, 5.41) is 3.33. The highest BCUT2D eigenvalue weighted by Crippen LogP contribution is 2.39. The largest absolute Gasteiger partial charge is 0.381 e. The van der Waals surface area contributed by atoms with E-state index in [1.165, 1.54) is 43.8 Å². The molecule has 3 nitrogen and oxygen atoms in total. The Morgan fingerprint density at radius 1 is 1.35 bits per heavy atom. The summed E-state index contributed by atoms with van der Waals surface area (Å²) in [7, 11) is 0. The first-order valence-corrected chi connectivity index (χ1v) is 7.43. The van der Waals surface area contributed by atoms with Crippen LogP contribution in [-0.2, 0) is 11.3 Å². The molecule has 0 amide bonds. The smallest absolute Gasteiger partial charge is 0.107 e. The predicted molar refractivity (Wildman–Crippen MR) is 69.1 cm³/mol. The van der Waals surface area contributed by atoms with E-state index in [2.05, 4.69) is 15.3 Å². The summed E-state index contributed by atoms with van der Waals surface area (Å²) < 4.78 is 5.51. The minimum absolute atomic E-state index is 0.549. The molecule has 2 aliphatic rings. The van der Waals surface area contributed by atoms with Gasteiger partial charge in [0.05, 0.1) is 6.54 Å². The molecule has 1 aromatic rings. The molecule has 2 aliphatic heterocycles. The Balaban J connectivity index is 1.62. The third-order valence-electron chi connectivity index (χ3n) is 4.14. The van der Waals surface area contributed by atoms with Crippen molar-refractivity contribution in [2.45, 2.75) is 32.2 Å². The number of thiazole rings is 1. The quantitative estimate of drug-likeness (QED) is 0.809. The van der Waals surface area contributed by atoms with Crippen LogP contribution in [-0.4, -0.2) is 36.2 Å². The van der Waals surface area contributed by atoms with Gasteiger partial charge in [0.1, 0.15) is 5.01 Å². The molecule has 0 atom stereocenters. The maximum atomic E-state index is 5.51. The average molecular weight is 252 g/mol. The number of aromatic nitrogens is 1. The number of ether oxygens (including phenoxy) is 1. The number of hydrogen-bond acceptors (Lipinski definition) is 4. The fourth-order valence-corrected chi connectivity index (χ4v) is 3.84. The minimum atomic E-state index is 0.549. The molecule has 0 aliphatic carbocycles. The van der Waals surface area contributed by atoms with Crippen LogP contribution in [0.1, 0.15) is 30.7 Å². The van der Waals surface area contributed by atoms with Crippen LogP contribution in [0.2, 0.25) is 0 Å². The lowest BCUT2D eigenvalue weighted by Crippen LogP contribution is -2.45. The number of nitrogens with zero attached hydrogens (tertiary/aromatic N) is 2. The molecule has 3 rings (SSSR count). The highest BCUT2D eigenvalue weighted by atomic mass is 32.1. The molecule has 17 heavy (non-hydrogen) atoms. The van der Waals surface area contributed by atoms with Crippen LogP contribution in [0.15, 0.2) is 11.6 Å². The van der Waals surface area contributed by atoms with Crippen LogP contribution in [0.4, 0.5) is 0 Å². The van der Waals surface area contributed by atoms with E-state index in [4.69, 9.17) is 4.74 Å². The lowest BCUT2D eigenvalue weighted by Gasteiger charge is -2.45. The number of likely N-dealkylation sites (tertiary alicyclic amines) is 1. The summed E-state index contributed by atoms with van der Waals surface area (Å²) in [4.78, 5) is 6.99. The van der Waals surface area contributed by atoms with Crippen molar-refractivity contribution in [2.75, 3.05) is 26.3 Å². The van der Waals surface area contributed by atoms with Gasteiger partial charge in [-0.15, -0.1) is 11.3 Å². The molecule has 0 aromatic carbocycles. The van der Waals surface area contributed by atoms with E-state index in [9.17, 15) is 0 Å². The molecule has 94 valence electrons. The maximum Gasteiger partial charge on any atom is 0.107 e. The molecule has 3 heterocycles. The standard InChI is InChI=1S/C13H20N2OS/c1-2-13(3-7-16-8-4-13)11-15(6-1)10-12-14-5-9-17-12/h5,9H,1-4,6-8,10-11H2. The average Bonchev–Trinajstić information content (AvgIpc) is 2.83. The van der Waals surface area contributed by atoms with Crippen LogP contribution in [0.3, 0.4) is 0 Å². The molecular weight excluding hydrogens is 232 g/mol. The van der Waals surface area contributed by atoms with Crippen molar-refractivity contribution >= 4 is 11.3 Å². The van der Waals surface area contributed by atoms with Crippen molar-refractivity contribution < 1.29 is 4.74 Å². The van der Waals surface area contributed by atoms with Gasteiger partial charge in [-0.25, -0.2) is 4.98 Å². The van der Waals surface area contributed by atoms with Gasteiger partial charge in [-0.2, -0.15) is 0 Å². The van der Waals surface area contributed by atoms with Gasteiger partial charge in [-0.05, 0) is 37.6 Å². The van der Waals surface area contributed by atoms with Crippen molar-refractivity contribution in [2.24, 2.45) is 5.41 Å². The summed E-state index contributed by atoms with van der Waals surface area (Å²) in [6.07, 6.45) is 7.15. The van der Waals surface area contributed by atoms with Gasteiger partial charge in [0.25, 0.3) is 0 Å². The molecule has 0 unspecified atom stereocenters. The predicted octanol–water partition coefficient (Wildman–Crippen LogP) is 2.54. The van der Waals surface area contributed by atoms with E-state index < -0.39 is 0 Å². The van der Waals surface area contributed by atoms with Gasteiger partial charge in [-0.3, -0.25) is 4.90 Å². The second-order valence-corrected chi connectivity index (χ2v) is 6.33. The van der Waals surface area contributed by atoms with Crippen LogP contribution in [0, 0.1) is 5.41 Å². The molecule has 0 bridgehead atoms. The SMILES string of the molecule is c1csc(CN2CCCC3(CCOCC3)C2)n1. The Hall–Kier alpha value is -0.450. The van der Waals surface area contributed by atoms with Crippen molar-refractivity contribution in [3.8, 4) is 0 Å². The normalized spacial score (nSPS) is 25.2. The minimum Gasteiger partial charge on any atom is -0.381 e. The van der Waals surface area contributed by atoms with E-state index in [-0.39, 0.29) is 0 Å². The molecule has 0 saturated carbocycles. The van der Waals surface area contributed by atoms with Crippen LogP contribution in [0.5, 0.6) is 0 Å². The topological polar surface area (TPSA) is 25.4 Å². The van der Waals surface area contributed by atoms with E-state index in [0.29, 0.717) is 5.41 Å². The van der Waals surface area contributed by atoms with Gasteiger partial charge in [0, 0.05) is 31.3 Å². The Bertz CT molecular complexity index is 341. The van der Waals surface area contributed by atoms with E-state index in [0.717, 1.165) is 19.8 Å². The van der Waals surface area contributed by atoms with Crippen molar-refractivity contribution in [3.05, 3.63) is 16.6 Å². The van der Waals surface area contributed by atoms with Crippen molar-refractivity contribution in [3.63, 3.8) is 0 Å². The first kappa shape index (κ1) is 11.6. The third-order valence-corrected chi connectivity index (χ3v) is 4.90. The summed E-state index contributed by atoms with van der Waals surface area (Å²) in [6.45, 7) is 5.45. The van der Waals surface area contributed by atoms with Gasteiger partial charge < -0.3 is 4.74 Å². The van der Waals surface area contributed by atoms with E-state index in [1.807, 2.05) is 6.20 Å². The Morgan fingerprint density at radius 3 is 3.00 bits per heavy atom. The summed E-state index contributed by atoms with van der Waals surface area (Å²) in [6, 6.07) is 0. The summed E-state index contributed by atoms with van der Waals surface area (Å²) >= 11 is 1.77. The number of piperidine rings is 1. The third kappa shape index (κ3) is 2.69. The molecule has 2 saturated heterocycles. The molecule has 0 N–H and O–H groups in total. The Morgan fingerprint density at radius 2 is 2.24 bits per heavy atom. The number of rotatable bonds is 2. The molecule has 0 radical (unpaired) electrons. The zero-order valence-electron chi connectivity index (χ0n) is 10.2. The van der Waals surface area contributed by atoms with E-state index in [1.54, 1.807) is 11.3 Å². The zero-order chi connectivity index (χ0) is 11.6. The second kappa shape index (κ2) is 5.04. The molecule has 2 fully saturated rings. The van der Waals surface area contributed by atoms with Crippen molar-refractivity contribution in [1.82, 2.24) is 9.88 Å². The van der Waals surface area contributed by atoms with Gasteiger partial charge >= 0.3 is 0 Å². The first-order valence-electron chi connectivity index (χ1n) is 6.55. The monoisotopic (exact) mass is 252 g/mol. The lowest BCUT2D eigenvalue weighted by atomic mass is 9.74. The fourth-order valence-electron chi connectivity index (χ4n) is 3.18. The van der Waals surface area contributed by atoms with Crippen LogP contribution < -0.4 is 0 Å². The van der Waals surface area contributed by atoms with E-state index >= 15 is 0 Å². The fraction of sp³-hybridized carbons (Fsp3) is 0.769. The maximum absolute atomic E-state index is 5.51. The Kier molecular flexibility index (Phi) is 3.45. The van der Waals surface area contributed by atoms with Gasteiger partial charge in [0.15, 0.2) is 0 Å². The van der Waals surface area contributed by atoms with Crippen LogP contribution >= 0.6 is 11.3 Å². The Labute approximate surface area is 107 Å². The summed E-state index contributed by atoms with van der Waals surface area (Å²) in [5.41, 5.74) is 0.549. The zero-order valence-corrected chi connectivity index (χ0v) is 11.0. The molecule has 1 spiro atoms. The highest BCUT2D eigenvalue weighted by molar-refractivity contribution is 7.09. The second-order valence-electron chi connectivity index (χ2n) is 5.35. The number of hydrogen-bond donors (Lipinski definition) is 0. The van der Waals surface area contributed by atoms with Gasteiger partial charge in [-0.1, -0.05) is 0 Å². The highest BCUT2D eigenvalue weighted by Gasteiger charge is 2.36. The van der Waals surface area contributed by atoms with Crippen molar-refractivity contribution in [1.29, 1.82) is 0 Å². The van der Waals surface area contributed by atoms with Gasteiger partial charge in [0.2, 0.25) is 0 Å². The molecule has 1 aromatic heterocycles. The summed E-state index contributed by atoms with van der Waals surface area (Å²) in [5.74, 6) is 0.